The summed E-state index contributed by atoms with van der Waals surface area (Å²) in [5.41, 5.74) is 3.10. The fourth-order valence-corrected chi connectivity index (χ4v) is 2.17. The van der Waals surface area contributed by atoms with Crippen LogP contribution in [0, 0.1) is 23.0 Å². The number of aryl methyl sites for hydroxylation is 1. The lowest BCUT2D eigenvalue weighted by Gasteiger charge is -2.11. The summed E-state index contributed by atoms with van der Waals surface area (Å²) in [5.74, 6) is -0.108. The van der Waals surface area contributed by atoms with Gasteiger partial charge < -0.3 is 0 Å². The summed E-state index contributed by atoms with van der Waals surface area (Å²) in [6.07, 6.45) is 8.93. The van der Waals surface area contributed by atoms with E-state index in [1.54, 1.807) is 25.3 Å². The maximum Gasteiger partial charge on any atom is 0.273 e. The molecule has 1 aliphatic rings. The minimum Gasteiger partial charge on any atom is -0.267 e. The first-order chi connectivity index (χ1) is 10.1. The van der Waals surface area contributed by atoms with Gasteiger partial charge in [0.15, 0.2) is 0 Å². The van der Waals surface area contributed by atoms with Gasteiger partial charge in [0.1, 0.15) is 0 Å². The molecule has 0 fully saturated rings. The monoisotopic (exact) mass is 287 g/mol. The molecule has 0 saturated carbocycles. The number of nitrogens with one attached hydrogen (secondary N) is 1. The molecule has 0 spiro atoms. The van der Waals surface area contributed by atoms with E-state index < -0.39 is 10.8 Å². The Morgan fingerprint density at radius 2 is 2.29 bits per heavy atom. The second kappa shape index (κ2) is 6.78. The van der Waals surface area contributed by atoms with Gasteiger partial charge >= 0.3 is 0 Å². The third-order valence-electron chi connectivity index (χ3n) is 3.43. The second-order valence-corrected chi connectivity index (χ2v) is 5.02. The van der Waals surface area contributed by atoms with Crippen molar-refractivity contribution in [2.24, 2.45) is 11.0 Å². The van der Waals surface area contributed by atoms with E-state index in [2.05, 4.69) is 22.7 Å². The first-order valence-electron chi connectivity index (χ1n) is 6.81. The number of hydrazone groups is 1. The molecule has 0 bridgehead atoms. The number of allylic oxidation sites excluding steroid dienone is 2. The Morgan fingerprint density at radius 3 is 2.95 bits per heavy atom. The SMILES string of the molecule is Cc1ccc(C(=O)N/N=C\[C@H]2CC=CCC2)cc1[N+](=O)[O-]. The van der Waals surface area contributed by atoms with E-state index in [0.29, 0.717) is 11.5 Å². The van der Waals surface area contributed by atoms with Gasteiger partial charge in [-0.25, -0.2) is 5.43 Å². The summed E-state index contributed by atoms with van der Waals surface area (Å²) in [7, 11) is 0. The molecule has 0 saturated heterocycles. The maximum absolute atomic E-state index is 11.9. The Hall–Kier alpha value is -2.50. The summed E-state index contributed by atoms with van der Waals surface area (Å²) < 4.78 is 0. The molecular weight excluding hydrogens is 270 g/mol. The number of rotatable bonds is 4. The van der Waals surface area contributed by atoms with E-state index in [-0.39, 0.29) is 11.3 Å². The Balaban J connectivity index is 2.00. The van der Waals surface area contributed by atoms with Gasteiger partial charge in [-0.05, 0) is 38.2 Å². The lowest BCUT2D eigenvalue weighted by Crippen LogP contribution is -2.19. The minimum absolute atomic E-state index is 0.0657. The lowest BCUT2D eigenvalue weighted by atomic mass is 9.96. The van der Waals surface area contributed by atoms with Crippen LogP contribution >= 0.6 is 0 Å². The van der Waals surface area contributed by atoms with Gasteiger partial charge in [-0.2, -0.15) is 5.10 Å². The summed E-state index contributed by atoms with van der Waals surface area (Å²) in [6.45, 7) is 1.63. The van der Waals surface area contributed by atoms with Gasteiger partial charge in [0.05, 0.1) is 4.92 Å². The first-order valence-corrected chi connectivity index (χ1v) is 6.81. The average Bonchev–Trinajstić information content (AvgIpc) is 2.48. The first kappa shape index (κ1) is 14.9. The molecule has 0 radical (unpaired) electrons. The predicted octanol–water partition coefficient (Wildman–Crippen LogP) is 2.98. The highest BCUT2D eigenvalue weighted by molar-refractivity contribution is 5.95. The third-order valence-corrected chi connectivity index (χ3v) is 3.43. The standard InChI is InChI=1S/C15H17N3O3/c1-11-7-8-13(9-14(11)18(20)21)15(19)17-16-10-12-5-3-2-4-6-12/h2-3,7-10,12H,4-6H2,1H3,(H,17,19)/b16-10-/t12-/m0/s1. The molecule has 1 N–H and O–H groups in total. The Labute approximate surface area is 122 Å². The fourth-order valence-electron chi connectivity index (χ4n) is 2.17. The number of hydrogen-bond acceptors (Lipinski definition) is 4. The third kappa shape index (κ3) is 3.98. The van der Waals surface area contributed by atoms with E-state index in [9.17, 15) is 14.9 Å². The number of carbonyl (C=O) groups is 1. The molecule has 0 aromatic heterocycles. The van der Waals surface area contributed by atoms with Crippen molar-refractivity contribution < 1.29 is 9.72 Å². The normalized spacial score (nSPS) is 17.9. The number of carbonyl (C=O) groups excluding carboxylic acids is 1. The van der Waals surface area contributed by atoms with Crippen molar-refractivity contribution in [1.29, 1.82) is 0 Å². The van der Waals surface area contributed by atoms with Gasteiger partial charge in [-0.1, -0.05) is 18.2 Å². The van der Waals surface area contributed by atoms with Crippen molar-refractivity contribution in [2.75, 3.05) is 0 Å². The second-order valence-electron chi connectivity index (χ2n) is 5.02. The maximum atomic E-state index is 11.9. The van der Waals surface area contributed by atoms with Crippen LogP contribution in [0.4, 0.5) is 5.69 Å². The van der Waals surface area contributed by atoms with Gasteiger partial charge in [-0.15, -0.1) is 0 Å². The van der Waals surface area contributed by atoms with E-state index in [1.807, 2.05) is 0 Å². The highest BCUT2D eigenvalue weighted by Crippen LogP contribution is 2.19. The lowest BCUT2D eigenvalue weighted by molar-refractivity contribution is -0.385. The number of benzene rings is 1. The molecule has 1 atom stereocenters. The van der Waals surface area contributed by atoms with Gasteiger partial charge in [0.25, 0.3) is 11.6 Å². The largest absolute Gasteiger partial charge is 0.273 e. The number of nitrogens with zero attached hydrogens (tertiary/aromatic N) is 2. The zero-order chi connectivity index (χ0) is 15.2. The van der Waals surface area contributed by atoms with E-state index in [0.717, 1.165) is 19.3 Å². The molecule has 1 amide bonds. The molecule has 110 valence electrons. The van der Waals surface area contributed by atoms with Crippen LogP contribution in [0.15, 0.2) is 35.5 Å². The van der Waals surface area contributed by atoms with Crippen LogP contribution < -0.4 is 5.43 Å². The number of nitro groups is 1. The van der Waals surface area contributed by atoms with Gasteiger partial charge in [0.2, 0.25) is 0 Å². The van der Waals surface area contributed by atoms with Crippen molar-refractivity contribution in [3.63, 3.8) is 0 Å². The smallest absolute Gasteiger partial charge is 0.267 e. The number of nitro benzene ring substituents is 1. The molecule has 21 heavy (non-hydrogen) atoms. The van der Waals surface area contributed by atoms with Crippen molar-refractivity contribution in [3.05, 3.63) is 51.6 Å². The van der Waals surface area contributed by atoms with Crippen molar-refractivity contribution in [1.82, 2.24) is 5.43 Å². The number of amides is 1. The molecule has 1 aromatic carbocycles. The van der Waals surface area contributed by atoms with Gasteiger partial charge in [-0.3, -0.25) is 14.9 Å². The molecule has 1 aromatic rings. The molecular formula is C15H17N3O3. The van der Waals surface area contributed by atoms with E-state index in [4.69, 9.17) is 0 Å². The zero-order valence-corrected chi connectivity index (χ0v) is 11.8. The quantitative estimate of drug-likeness (QED) is 0.400. The van der Waals surface area contributed by atoms with Crippen molar-refractivity contribution >= 4 is 17.8 Å². The summed E-state index contributed by atoms with van der Waals surface area (Å²) in [5, 5.41) is 14.8. The highest BCUT2D eigenvalue weighted by Gasteiger charge is 2.14. The van der Waals surface area contributed by atoms with Gasteiger partial charge in [0, 0.05) is 23.4 Å². The topological polar surface area (TPSA) is 84.6 Å². The Morgan fingerprint density at radius 1 is 1.48 bits per heavy atom. The molecule has 0 aliphatic heterocycles. The molecule has 2 rings (SSSR count). The molecule has 0 heterocycles. The summed E-state index contributed by atoms with van der Waals surface area (Å²) >= 11 is 0. The summed E-state index contributed by atoms with van der Waals surface area (Å²) in [4.78, 5) is 22.3. The molecule has 6 nitrogen and oxygen atoms in total. The predicted molar refractivity (Wildman–Crippen MR) is 80.3 cm³/mol. The zero-order valence-electron chi connectivity index (χ0n) is 11.8. The van der Waals surface area contributed by atoms with Crippen LogP contribution in [-0.2, 0) is 0 Å². The van der Waals surface area contributed by atoms with E-state index >= 15 is 0 Å². The fraction of sp³-hybridized carbons (Fsp3) is 0.333. The number of hydrogen-bond donors (Lipinski definition) is 1. The molecule has 0 unspecified atom stereocenters. The highest BCUT2D eigenvalue weighted by atomic mass is 16.6. The minimum atomic E-state index is -0.496. The molecule has 6 heteroatoms. The summed E-state index contributed by atoms with van der Waals surface area (Å²) in [6, 6.07) is 4.38. The van der Waals surface area contributed by atoms with Crippen molar-refractivity contribution in [3.8, 4) is 0 Å². The van der Waals surface area contributed by atoms with Crippen LogP contribution in [0.2, 0.25) is 0 Å². The van der Waals surface area contributed by atoms with Crippen LogP contribution in [0.3, 0.4) is 0 Å². The average molecular weight is 287 g/mol. The van der Waals surface area contributed by atoms with Crippen LogP contribution in [0.5, 0.6) is 0 Å². The molecule has 1 aliphatic carbocycles. The van der Waals surface area contributed by atoms with Crippen LogP contribution in [0.1, 0.15) is 35.2 Å². The van der Waals surface area contributed by atoms with Crippen LogP contribution in [0.25, 0.3) is 0 Å². The Kier molecular flexibility index (Phi) is 4.81. The van der Waals surface area contributed by atoms with Crippen molar-refractivity contribution in [2.45, 2.75) is 26.2 Å². The van der Waals surface area contributed by atoms with Crippen LogP contribution in [-0.4, -0.2) is 17.0 Å². The Bertz CT molecular complexity index is 608. The van der Waals surface area contributed by atoms with E-state index in [1.165, 1.54) is 6.07 Å².